The van der Waals surface area contributed by atoms with Gasteiger partial charge in [-0.25, -0.2) is 0 Å². The van der Waals surface area contributed by atoms with Gasteiger partial charge in [0, 0.05) is 17.5 Å². The van der Waals surface area contributed by atoms with Gasteiger partial charge < -0.3 is 5.32 Å². The molecule has 0 saturated carbocycles. The van der Waals surface area contributed by atoms with Gasteiger partial charge in [0.05, 0.1) is 0 Å². The highest BCUT2D eigenvalue weighted by Crippen LogP contribution is 2.17. The Hall–Kier alpha value is -0.970. The Balaban J connectivity index is 2.40. The predicted molar refractivity (Wildman–Crippen MR) is 65.9 cm³/mol. The van der Waals surface area contributed by atoms with Crippen LogP contribution in [-0.4, -0.2) is 6.54 Å². The van der Waals surface area contributed by atoms with Gasteiger partial charge in [-0.15, -0.1) is 12.3 Å². The molecule has 1 rings (SSSR count). The van der Waals surface area contributed by atoms with E-state index in [2.05, 4.69) is 24.2 Å². The fourth-order valence-corrected chi connectivity index (χ4v) is 1.60. The lowest BCUT2D eigenvalue weighted by molar-refractivity contribution is 0.563. The molecule has 0 heterocycles. The van der Waals surface area contributed by atoms with Crippen molar-refractivity contribution in [1.82, 2.24) is 5.32 Å². The number of terminal acetylenes is 1. The molecule has 0 spiro atoms. The molecular formula is C13H16ClN. The Kier molecular flexibility index (Phi) is 5.25. The molecule has 0 unspecified atom stereocenters. The molecule has 1 aromatic rings. The summed E-state index contributed by atoms with van der Waals surface area (Å²) >= 11 is 5.92. The summed E-state index contributed by atoms with van der Waals surface area (Å²) in [5.41, 5.74) is 1.21. The number of benzene rings is 1. The minimum atomic E-state index is 0.321. The zero-order valence-corrected chi connectivity index (χ0v) is 9.72. The SMILES string of the molecule is C#CCCCN[C@H](C)c1cccc(Cl)c1. The Labute approximate surface area is 96.8 Å². The van der Waals surface area contributed by atoms with E-state index in [4.69, 9.17) is 18.0 Å². The maximum atomic E-state index is 5.92. The van der Waals surface area contributed by atoms with Crippen molar-refractivity contribution in [2.75, 3.05) is 6.54 Å². The van der Waals surface area contributed by atoms with Gasteiger partial charge in [-0.05, 0) is 37.6 Å². The molecule has 0 aromatic heterocycles. The number of hydrogen-bond acceptors (Lipinski definition) is 1. The third-order valence-electron chi connectivity index (χ3n) is 2.30. The number of rotatable bonds is 5. The van der Waals surface area contributed by atoms with Crippen LogP contribution in [0.2, 0.25) is 5.02 Å². The quantitative estimate of drug-likeness (QED) is 0.594. The van der Waals surface area contributed by atoms with E-state index in [1.165, 1.54) is 5.56 Å². The lowest BCUT2D eigenvalue weighted by atomic mass is 10.1. The van der Waals surface area contributed by atoms with Crippen molar-refractivity contribution in [3.8, 4) is 12.3 Å². The number of halogens is 1. The largest absolute Gasteiger partial charge is 0.310 e. The van der Waals surface area contributed by atoms with Gasteiger partial charge in [-0.1, -0.05) is 23.7 Å². The summed E-state index contributed by atoms with van der Waals surface area (Å²) in [4.78, 5) is 0. The van der Waals surface area contributed by atoms with Gasteiger partial charge in [-0.2, -0.15) is 0 Å². The average Bonchev–Trinajstić information content (AvgIpc) is 2.24. The van der Waals surface area contributed by atoms with E-state index in [1.807, 2.05) is 18.2 Å². The smallest absolute Gasteiger partial charge is 0.0409 e. The van der Waals surface area contributed by atoms with Crippen LogP contribution in [0.4, 0.5) is 0 Å². The fourth-order valence-electron chi connectivity index (χ4n) is 1.40. The van der Waals surface area contributed by atoms with E-state index in [0.717, 1.165) is 24.4 Å². The van der Waals surface area contributed by atoms with E-state index < -0.39 is 0 Å². The van der Waals surface area contributed by atoms with Gasteiger partial charge in [0.25, 0.3) is 0 Å². The van der Waals surface area contributed by atoms with Crippen LogP contribution in [-0.2, 0) is 0 Å². The van der Waals surface area contributed by atoms with Crippen molar-refractivity contribution in [1.29, 1.82) is 0 Å². The Morgan fingerprint density at radius 1 is 1.53 bits per heavy atom. The number of hydrogen-bond donors (Lipinski definition) is 1. The molecule has 0 bridgehead atoms. The van der Waals surface area contributed by atoms with Crippen molar-refractivity contribution in [3.05, 3.63) is 34.9 Å². The highest BCUT2D eigenvalue weighted by molar-refractivity contribution is 6.30. The molecule has 2 heteroatoms. The monoisotopic (exact) mass is 221 g/mol. The second-order valence-electron chi connectivity index (χ2n) is 3.54. The van der Waals surface area contributed by atoms with Crippen molar-refractivity contribution in [2.24, 2.45) is 0 Å². The summed E-state index contributed by atoms with van der Waals surface area (Å²) in [5.74, 6) is 2.63. The van der Waals surface area contributed by atoms with Crippen LogP contribution in [0.15, 0.2) is 24.3 Å². The molecule has 1 nitrogen and oxygen atoms in total. The van der Waals surface area contributed by atoms with Crippen LogP contribution in [0, 0.1) is 12.3 Å². The van der Waals surface area contributed by atoms with E-state index >= 15 is 0 Å². The molecule has 1 N–H and O–H groups in total. The molecule has 1 atom stereocenters. The van der Waals surface area contributed by atoms with Crippen molar-refractivity contribution < 1.29 is 0 Å². The molecule has 0 aliphatic carbocycles. The summed E-state index contributed by atoms with van der Waals surface area (Å²) in [6, 6.07) is 8.24. The minimum absolute atomic E-state index is 0.321. The molecule has 80 valence electrons. The topological polar surface area (TPSA) is 12.0 Å². The molecule has 15 heavy (non-hydrogen) atoms. The third kappa shape index (κ3) is 4.38. The average molecular weight is 222 g/mol. The summed E-state index contributed by atoms with van der Waals surface area (Å²) in [5, 5.41) is 4.19. The highest BCUT2D eigenvalue weighted by Gasteiger charge is 2.03. The first-order valence-electron chi connectivity index (χ1n) is 5.16. The molecule has 0 aliphatic rings. The van der Waals surface area contributed by atoms with Gasteiger partial charge in [0.2, 0.25) is 0 Å². The van der Waals surface area contributed by atoms with E-state index in [0.29, 0.717) is 6.04 Å². The molecular weight excluding hydrogens is 206 g/mol. The van der Waals surface area contributed by atoms with Crippen LogP contribution < -0.4 is 5.32 Å². The second-order valence-corrected chi connectivity index (χ2v) is 3.97. The fraction of sp³-hybridized carbons (Fsp3) is 0.385. The van der Waals surface area contributed by atoms with Gasteiger partial charge in [0.1, 0.15) is 0 Å². The standard InChI is InChI=1S/C13H16ClN/c1-3-4-5-9-15-11(2)12-7-6-8-13(14)10-12/h1,6-8,10-11,15H,4-5,9H2,2H3/t11-/m1/s1. The van der Waals surface area contributed by atoms with Crippen LogP contribution in [0.5, 0.6) is 0 Å². The predicted octanol–water partition coefficient (Wildman–Crippen LogP) is 3.40. The summed E-state index contributed by atoms with van der Waals surface area (Å²) in [6.45, 7) is 3.07. The first-order valence-corrected chi connectivity index (χ1v) is 5.54. The van der Waals surface area contributed by atoms with Crippen LogP contribution >= 0.6 is 11.6 Å². The van der Waals surface area contributed by atoms with Crippen LogP contribution in [0.25, 0.3) is 0 Å². The number of unbranched alkanes of at least 4 members (excludes halogenated alkanes) is 1. The lowest BCUT2D eigenvalue weighted by Crippen LogP contribution is -2.19. The lowest BCUT2D eigenvalue weighted by Gasteiger charge is -2.13. The van der Waals surface area contributed by atoms with E-state index in [9.17, 15) is 0 Å². The molecule has 0 aliphatic heterocycles. The summed E-state index contributed by atoms with van der Waals surface area (Å²) in [6.07, 6.45) is 7.03. The van der Waals surface area contributed by atoms with Crippen molar-refractivity contribution in [2.45, 2.75) is 25.8 Å². The van der Waals surface area contributed by atoms with Gasteiger partial charge in [0.15, 0.2) is 0 Å². The van der Waals surface area contributed by atoms with E-state index in [1.54, 1.807) is 0 Å². The maximum Gasteiger partial charge on any atom is 0.0409 e. The molecule has 0 saturated heterocycles. The molecule has 0 amide bonds. The molecule has 1 aromatic carbocycles. The normalized spacial score (nSPS) is 12.1. The zero-order valence-electron chi connectivity index (χ0n) is 8.96. The Morgan fingerprint density at radius 3 is 3.00 bits per heavy atom. The number of nitrogens with one attached hydrogen (secondary N) is 1. The van der Waals surface area contributed by atoms with Crippen LogP contribution in [0.3, 0.4) is 0 Å². The van der Waals surface area contributed by atoms with Crippen molar-refractivity contribution in [3.63, 3.8) is 0 Å². The Morgan fingerprint density at radius 2 is 2.33 bits per heavy atom. The zero-order chi connectivity index (χ0) is 11.1. The van der Waals surface area contributed by atoms with Gasteiger partial charge >= 0.3 is 0 Å². The van der Waals surface area contributed by atoms with Crippen molar-refractivity contribution >= 4 is 11.6 Å². The first-order chi connectivity index (χ1) is 7.24. The maximum absolute atomic E-state index is 5.92. The third-order valence-corrected chi connectivity index (χ3v) is 2.53. The first kappa shape index (κ1) is 12.1. The summed E-state index contributed by atoms with van der Waals surface area (Å²) in [7, 11) is 0. The second kappa shape index (κ2) is 6.50. The minimum Gasteiger partial charge on any atom is -0.310 e. The summed E-state index contributed by atoms with van der Waals surface area (Å²) < 4.78 is 0. The highest BCUT2D eigenvalue weighted by atomic mass is 35.5. The molecule has 0 fully saturated rings. The molecule has 0 radical (unpaired) electrons. The van der Waals surface area contributed by atoms with Gasteiger partial charge in [-0.3, -0.25) is 0 Å². The van der Waals surface area contributed by atoms with E-state index in [-0.39, 0.29) is 0 Å². The Bertz CT molecular complexity index is 341. The van der Waals surface area contributed by atoms with Crippen LogP contribution in [0.1, 0.15) is 31.4 Å².